The summed E-state index contributed by atoms with van der Waals surface area (Å²) in [4.78, 5) is 18.4. The molecule has 0 saturated heterocycles. The van der Waals surface area contributed by atoms with Crippen molar-refractivity contribution < 1.29 is 4.79 Å². The van der Waals surface area contributed by atoms with Crippen LogP contribution in [0.15, 0.2) is 56.5 Å². The molecule has 0 aliphatic carbocycles. The van der Waals surface area contributed by atoms with Crippen molar-refractivity contribution in [1.29, 1.82) is 5.41 Å². The van der Waals surface area contributed by atoms with Crippen molar-refractivity contribution in [3.05, 3.63) is 68.4 Å². The Hall–Kier alpha value is -2.38. The molecule has 27 heavy (non-hydrogen) atoms. The number of nitrogens with zero attached hydrogens (tertiary/aromatic N) is 3. The Morgan fingerprint density at radius 1 is 1.19 bits per heavy atom. The minimum Gasteiger partial charge on any atom is -0.318 e. The van der Waals surface area contributed by atoms with Gasteiger partial charge in [-0.2, -0.15) is 4.99 Å². The molecule has 0 bridgehead atoms. The van der Waals surface area contributed by atoms with E-state index in [0.29, 0.717) is 10.7 Å². The van der Waals surface area contributed by atoms with Crippen LogP contribution in [0.4, 0.5) is 0 Å². The van der Waals surface area contributed by atoms with Gasteiger partial charge in [-0.3, -0.25) is 15.1 Å². The molecule has 0 radical (unpaired) electrons. The smallest absolute Gasteiger partial charge is 0.283 e. The van der Waals surface area contributed by atoms with Crippen molar-refractivity contribution in [2.75, 3.05) is 0 Å². The Bertz CT molecular complexity index is 1080. The summed E-state index contributed by atoms with van der Waals surface area (Å²) in [6.07, 6.45) is 1.78. The number of fused-ring (bicyclic) bond motifs is 1. The van der Waals surface area contributed by atoms with Gasteiger partial charge in [0.25, 0.3) is 5.91 Å². The van der Waals surface area contributed by atoms with Gasteiger partial charge < -0.3 is 4.57 Å². The number of amides is 1. The summed E-state index contributed by atoms with van der Waals surface area (Å²) in [6, 6.07) is 10.1. The van der Waals surface area contributed by atoms with E-state index in [1.165, 1.54) is 11.8 Å². The second-order valence-electron chi connectivity index (χ2n) is 6.46. The van der Waals surface area contributed by atoms with E-state index in [1.54, 1.807) is 11.0 Å². The molecule has 0 fully saturated rings. The third-order valence-electron chi connectivity index (χ3n) is 4.64. The summed E-state index contributed by atoms with van der Waals surface area (Å²) in [6.45, 7) is 5.96. The fourth-order valence-corrected chi connectivity index (χ4v) is 4.44. The molecule has 1 aromatic carbocycles. The Balaban J connectivity index is 1.78. The maximum absolute atomic E-state index is 12.5. The van der Waals surface area contributed by atoms with Gasteiger partial charge in [-0.05, 0) is 68.2 Å². The summed E-state index contributed by atoms with van der Waals surface area (Å²) in [5.74, 6) is -0.188. The zero-order valence-corrected chi connectivity index (χ0v) is 17.5. The average molecular weight is 441 g/mol. The first kappa shape index (κ1) is 18.0. The Labute approximate surface area is 170 Å². The number of carbonyl (C=O) groups is 1. The van der Waals surface area contributed by atoms with Gasteiger partial charge in [0.05, 0.1) is 5.57 Å². The van der Waals surface area contributed by atoms with E-state index < -0.39 is 0 Å². The Morgan fingerprint density at radius 3 is 2.59 bits per heavy atom. The van der Waals surface area contributed by atoms with E-state index >= 15 is 0 Å². The Morgan fingerprint density at radius 2 is 1.89 bits per heavy atom. The fraction of sp³-hybridized carbons (Fsp3) is 0.150. The number of rotatable bonds is 2. The van der Waals surface area contributed by atoms with Crippen LogP contribution in [0.2, 0.25) is 0 Å². The number of thioether (sulfide) groups is 1. The maximum Gasteiger partial charge on any atom is 0.283 e. The minimum atomic E-state index is -0.365. The highest BCUT2D eigenvalue weighted by Gasteiger charge is 2.34. The molecule has 0 saturated carbocycles. The first-order valence-electron chi connectivity index (χ1n) is 8.39. The highest BCUT2D eigenvalue weighted by Crippen LogP contribution is 2.32. The Kier molecular flexibility index (Phi) is 4.44. The van der Waals surface area contributed by atoms with Crippen LogP contribution in [0.25, 0.3) is 11.8 Å². The van der Waals surface area contributed by atoms with Crippen LogP contribution in [0.5, 0.6) is 0 Å². The highest BCUT2D eigenvalue weighted by atomic mass is 79.9. The van der Waals surface area contributed by atoms with E-state index in [0.717, 1.165) is 32.8 Å². The molecule has 0 unspecified atom stereocenters. The number of aliphatic imine (C=N–C) groups is 1. The number of amidine groups is 2. The molecule has 136 valence electrons. The molecule has 4 rings (SSSR count). The van der Waals surface area contributed by atoms with Gasteiger partial charge in [0.2, 0.25) is 0 Å². The quantitative estimate of drug-likeness (QED) is 0.666. The van der Waals surface area contributed by atoms with Crippen LogP contribution in [0, 0.1) is 19.3 Å². The molecule has 1 aromatic heterocycles. The van der Waals surface area contributed by atoms with Crippen LogP contribution in [0.1, 0.15) is 23.9 Å². The van der Waals surface area contributed by atoms with Gasteiger partial charge in [-0.1, -0.05) is 27.7 Å². The fourth-order valence-electron chi connectivity index (χ4n) is 3.32. The molecule has 2 aliphatic heterocycles. The van der Waals surface area contributed by atoms with E-state index in [1.807, 2.05) is 56.5 Å². The normalized spacial score (nSPS) is 18.1. The van der Waals surface area contributed by atoms with E-state index in [4.69, 9.17) is 5.41 Å². The van der Waals surface area contributed by atoms with Gasteiger partial charge in [0.15, 0.2) is 5.17 Å². The van der Waals surface area contributed by atoms with Crippen LogP contribution in [0.3, 0.4) is 0 Å². The first-order chi connectivity index (χ1) is 12.9. The standard InChI is InChI=1S/C20H17BrN4OS/c1-11-8-14(13(3)24(11)16-6-4-15(21)5-7-16)9-17-18(22)25-12(2)10-27-20(25)23-19(17)26/h4-10,22H,1-3H3. The number of hydrogen-bond donors (Lipinski definition) is 1. The lowest BCUT2D eigenvalue weighted by molar-refractivity contribution is -0.114. The van der Waals surface area contributed by atoms with Crippen molar-refractivity contribution in [2.45, 2.75) is 20.8 Å². The topological polar surface area (TPSA) is 61.5 Å². The van der Waals surface area contributed by atoms with Crippen molar-refractivity contribution >= 4 is 50.7 Å². The van der Waals surface area contributed by atoms with Gasteiger partial charge >= 0.3 is 0 Å². The summed E-state index contributed by atoms with van der Waals surface area (Å²) in [5, 5.41) is 11.0. The van der Waals surface area contributed by atoms with Crippen LogP contribution < -0.4 is 0 Å². The third-order valence-corrected chi connectivity index (χ3v) is 6.11. The second kappa shape index (κ2) is 6.65. The number of benzene rings is 1. The molecule has 1 amide bonds. The van der Waals surface area contributed by atoms with Gasteiger partial charge in [0.1, 0.15) is 5.84 Å². The lowest BCUT2D eigenvalue weighted by atomic mass is 10.1. The molecule has 1 N–H and O–H groups in total. The molecule has 0 atom stereocenters. The largest absolute Gasteiger partial charge is 0.318 e. The second-order valence-corrected chi connectivity index (χ2v) is 8.21. The number of hydrogen-bond acceptors (Lipinski definition) is 3. The zero-order valence-electron chi connectivity index (χ0n) is 15.1. The molecule has 0 spiro atoms. The SMILES string of the molecule is CC1=CSC2=NC(=O)C(=Cc3cc(C)n(-c4ccc(Br)cc4)c3C)C(=N)N12. The van der Waals surface area contributed by atoms with Crippen molar-refractivity contribution in [2.24, 2.45) is 4.99 Å². The third kappa shape index (κ3) is 3.00. The van der Waals surface area contributed by atoms with Crippen molar-refractivity contribution in [1.82, 2.24) is 9.47 Å². The number of aryl methyl sites for hydroxylation is 1. The lowest BCUT2D eigenvalue weighted by Crippen LogP contribution is -2.37. The van der Waals surface area contributed by atoms with Crippen LogP contribution in [-0.2, 0) is 4.79 Å². The predicted molar refractivity (Wildman–Crippen MR) is 114 cm³/mol. The van der Waals surface area contributed by atoms with E-state index in [2.05, 4.69) is 25.5 Å². The number of halogens is 1. The molecule has 7 heteroatoms. The predicted octanol–water partition coefficient (Wildman–Crippen LogP) is 5.02. The number of allylic oxidation sites excluding steroid dienone is 1. The van der Waals surface area contributed by atoms with Gasteiger partial charge in [0, 0.05) is 27.2 Å². The summed E-state index contributed by atoms with van der Waals surface area (Å²) < 4.78 is 3.17. The molecular weight excluding hydrogens is 424 g/mol. The van der Waals surface area contributed by atoms with E-state index in [-0.39, 0.29) is 11.7 Å². The number of aromatic nitrogens is 1. The van der Waals surface area contributed by atoms with Gasteiger partial charge in [-0.25, -0.2) is 0 Å². The molecule has 2 aliphatic rings. The first-order valence-corrected chi connectivity index (χ1v) is 10.1. The summed E-state index contributed by atoms with van der Waals surface area (Å²) in [5.41, 5.74) is 5.26. The number of carbonyl (C=O) groups excluding carboxylic acids is 1. The number of nitrogens with one attached hydrogen (secondary N) is 1. The molecular formula is C20H17BrN4OS. The highest BCUT2D eigenvalue weighted by molar-refractivity contribution is 9.10. The molecule has 2 aromatic rings. The lowest BCUT2D eigenvalue weighted by Gasteiger charge is -2.25. The minimum absolute atomic E-state index is 0.178. The summed E-state index contributed by atoms with van der Waals surface area (Å²) >= 11 is 4.84. The molecule has 3 heterocycles. The average Bonchev–Trinajstić information content (AvgIpc) is 3.12. The maximum atomic E-state index is 12.5. The molecule has 5 nitrogen and oxygen atoms in total. The van der Waals surface area contributed by atoms with Crippen molar-refractivity contribution in [3.8, 4) is 5.69 Å². The van der Waals surface area contributed by atoms with Gasteiger partial charge in [-0.15, -0.1) is 0 Å². The zero-order chi connectivity index (χ0) is 19.3. The van der Waals surface area contributed by atoms with Crippen molar-refractivity contribution in [3.63, 3.8) is 0 Å². The van der Waals surface area contributed by atoms with Crippen LogP contribution >= 0.6 is 27.7 Å². The summed E-state index contributed by atoms with van der Waals surface area (Å²) in [7, 11) is 0. The monoisotopic (exact) mass is 440 g/mol. The van der Waals surface area contributed by atoms with E-state index in [9.17, 15) is 4.79 Å². The van der Waals surface area contributed by atoms with Crippen LogP contribution in [-0.4, -0.2) is 26.4 Å².